The fourth-order valence-electron chi connectivity index (χ4n) is 3.57. The SMILES string of the molecule is CCOC(=O)N1CCN(c2nc(C)cc(Nc3c(C)cc(C)cc3C)n2)CC1. The van der Waals surface area contributed by atoms with Crippen LogP contribution < -0.4 is 10.2 Å². The van der Waals surface area contributed by atoms with Crippen LogP contribution in [0.15, 0.2) is 18.2 Å². The number of rotatable bonds is 4. The number of amides is 1. The van der Waals surface area contributed by atoms with Crippen LogP contribution >= 0.6 is 0 Å². The van der Waals surface area contributed by atoms with Crippen LogP contribution in [0.5, 0.6) is 0 Å². The van der Waals surface area contributed by atoms with Crippen LogP contribution in [0.2, 0.25) is 0 Å². The summed E-state index contributed by atoms with van der Waals surface area (Å²) in [6, 6.07) is 6.29. The summed E-state index contributed by atoms with van der Waals surface area (Å²) in [6.07, 6.45) is -0.250. The molecule has 1 N–H and O–H groups in total. The van der Waals surface area contributed by atoms with Crippen LogP contribution in [0.4, 0.5) is 22.2 Å². The molecule has 0 bridgehead atoms. The molecule has 1 aliphatic rings. The third-order valence-electron chi connectivity index (χ3n) is 4.86. The van der Waals surface area contributed by atoms with Gasteiger partial charge in [0.05, 0.1) is 6.61 Å². The van der Waals surface area contributed by atoms with Gasteiger partial charge in [-0.2, -0.15) is 4.98 Å². The molecule has 1 amide bonds. The molecule has 2 heterocycles. The predicted octanol–water partition coefficient (Wildman–Crippen LogP) is 3.73. The number of carbonyl (C=O) groups excluding carboxylic acids is 1. The molecule has 150 valence electrons. The van der Waals surface area contributed by atoms with E-state index in [0.717, 1.165) is 17.2 Å². The summed E-state index contributed by atoms with van der Waals surface area (Å²) in [5.41, 5.74) is 5.63. The van der Waals surface area contributed by atoms with E-state index < -0.39 is 0 Å². The van der Waals surface area contributed by atoms with E-state index in [0.29, 0.717) is 38.7 Å². The van der Waals surface area contributed by atoms with Gasteiger partial charge in [0.25, 0.3) is 0 Å². The van der Waals surface area contributed by atoms with E-state index >= 15 is 0 Å². The highest BCUT2D eigenvalue weighted by Gasteiger charge is 2.23. The summed E-state index contributed by atoms with van der Waals surface area (Å²) in [7, 11) is 0. The molecule has 0 radical (unpaired) electrons. The minimum absolute atomic E-state index is 0.250. The van der Waals surface area contributed by atoms with E-state index in [9.17, 15) is 4.79 Å². The highest BCUT2D eigenvalue weighted by molar-refractivity contribution is 5.68. The Morgan fingerprint density at radius 3 is 2.29 bits per heavy atom. The molecular formula is C21H29N5O2. The van der Waals surface area contributed by atoms with Crippen molar-refractivity contribution in [1.82, 2.24) is 14.9 Å². The van der Waals surface area contributed by atoms with Crippen molar-refractivity contribution in [3.8, 4) is 0 Å². The van der Waals surface area contributed by atoms with E-state index in [1.165, 1.54) is 16.7 Å². The fourth-order valence-corrected chi connectivity index (χ4v) is 3.57. The van der Waals surface area contributed by atoms with Gasteiger partial charge >= 0.3 is 6.09 Å². The molecule has 0 atom stereocenters. The average molecular weight is 383 g/mol. The molecule has 0 aliphatic carbocycles. The van der Waals surface area contributed by atoms with E-state index in [1.807, 2.05) is 19.9 Å². The lowest BCUT2D eigenvalue weighted by Crippen LogP contribution is -2.49. The van der Waals surface area contributed by atoms with Crippen molar-refractivity contribution in [2.75, 3.05) is 43.0 Å². The van der Waals surface area contributed by atoms with Crippen molar-refractivity contribution in [3.63, 3.8) is 0 Å². The standard InChI is InChI=1S/C21H29N5O2/c1-6-28-21(27)26-9-7-25(8-10-26)20-22-17(5)13-18(24-20)23-19-15(3)11-14(2)12-16(19)4/h11-13H,6-10H2,1-5H3,(H,22,23,24). The van der Waals surface area contributed by atoms with E-state index in [2.05, 4.69) is 48.1 Å². The lowest BCUT2D eigenvalue weighted by Gasteiger charge is -2.34. The second-order valence-electron chi connectivity index (χ2n) is 7.27. The van der Waals surface area contributed by atoms with Gasteiger partial charge in [0.2, 0.25) is 5.95 Å². The first-order chi connectivity index (χ1) is 13.4. The fraction of sp³-hybridized carbons (Fsp3) is 0.476. The van der Waals surface area contributed by atoms with Crippen molar-refractivity contribution < 1.29 is 9.53 Å². The second kappa shape index (κ2) is 8.46. The molecular weight excluding hydrogens is 354 g/mol. The van der Waals surface area contributed by atoms with E-state index in [-0.39, 0.29) is 6.09 Å². The van der Waals surface area contributed by atoms with Gasteiger partial charge < -0.3 is 19.9 Å². The number of carbonyl (C=O) groups is 1. The number of piperazine rings is 1. The normalized spacial score (nSPS) is 14.2. The molecule has 0 unspecified atom stereocenters. The van der Waals surface area contributed by atoms with E-state index in [4.69, 9.17) is 9.72 Å². The minimum atomic E-state index is -0.250. The van der Waals surface area contributed by atoms with Gasteiger partial charge in [-0.1, -0.05) is 17.7 Å². The molecule has 2 aromatic rings. The Labute approximate surface area is 166 Å². The Hall–Kier alpha value is -2.83. The van der Waals surface area contributed by atoms with Crippen molar-refractivity contribution in [1.29, 1.82) is 0 Å². The van der Waals surface area contributed by atoms with Gasteiger partial charge in [0, 0.05) is 43.6 Å². The zero-order valence-electron chi connectivity index (χ0n) is 17.4. The zero-order chi connectivity index (χ0) is 20.3. The second-order valence-corrected chi connectivity index (χ2v) is 7.27. The zero-order valence-corrected chi connectivity index (χ0v) is 17.4. The number of anilines is 3. The van der Waals surface area contributed by atoms with Gasteiger partial charge in [-0.05, 0) is 45.7 Å². The molecule has 0 spiro atoms. The monoisotopic (exact) mass is 383 g/mol. The maximum Gasteiger partial charge on any atom is 0.409 e. The first kappa shape index (κ1) is 19.9. The quantitative estimate of drug-likeness (QED) is 0.867. The average Bonchev–Trinajstić information content (AvgIpc) is 2.64. The molecule has 1 aromatic carbocycles. The molecule has 3 rings (SSSR count). The maximum atomic E-state index is 11.9. The maximum absolute atomic E-state index is 11.9. The van der Waals surface area contributed by atoms with E-state index in [1.54, 1.807) is 4.90 Å². The molecule has 0 saturated carbocycles. The number of nitrogens with zero attached hydrogens (tertiary/aromatic N) is 4. The molecule has 7 heteroatoms. The Kier molecular flexibility index (Phi) is 6.02. The van der Waals surface area contributed by atoms with Crippen molar-refractivity contribution in [2.24, 2.45) is 0 Å². The summed E-state index contributed by atoms with van der Waals surface area (Å²) >= 11 is 0. The molecule has 28 heavy (non-hydrogen) atoms. The molecule has 1 fully saturated rings. The van der Waals surface area contributed by atoms with Gasteiger partial charge in [-0.3, -0.25) is 0 Å². The highest BCUT2D eigenvalue weighted by atomic mass is 16.6. The smallest absolute Gasteiger partial charge is 0.409 e. The van der Waals surface area contributed by atoms with Gasteiger partial charge in [0.15, 0.2) is 0 Å². The van der Waals surface area contributed by atoms with Crippen molar-refractivity contribution in [2.45, 2.75) is 34.6 Å². The number of hydrogen-bond donors (Lipinski definition) is 1. The van der Waals surface area contributed by atoms with Crippen LogP contribution in [0.3, 0.4) is 0 Å². The van der Waals surface area contributed by atoms with Crippen molar-refractivity contribution in [3.05, 3.63) is 40.6 Å². The minimum Gasteiger partial charge on any atom is -0.450 e. The number of ether oxygens (including phenoxy) is 1. The largest absolute Gasteiger partial charge is 0.450 e. The first-order valence-corrected chi connectivity index (χ1v) is 9.74. The lowest BCUT2D eigenvalue weighted by molar-refractivity contribution is 0.105. The van der Waals surface area contributed by atoms with Gasteiger partial charge in [-0.25, -0.2) is 9.78 Å². The third-order valence-corrected chi connectivity index (χ3v) is 4.86. The molecule has 7 nitrogen and oxygen atoms in total. The topological polar surface area (TPSA) is 70.6 Å². The lowest BCUT2D eigenvalue weighted by atomic mass is 10.1. The first-order valence-electron chi connectivity index (χ1n) is 9.74. The molecule has 1 aliphatic heterocycles. The number of nitrogens with one attached hydrogen (secondary N) is 1. The van der Waals surface area contributed by atoms with Crippen LogP contribution in [-0.2, 0) is 4.74 Å². The van der Waals surface area contributed by atoms with Crippen LogP contribution in [0.25, 0.3) is 0 Å². The number of benzene rings is 1. The molecule has 1 aromatic heterocycles. The predicted molar refractivity (Wildman–Crippen MR) is 112 cm³/mol. The number of hydrogen-bond acceptors (Lipinski definition) is 6. The summed E-state index contributed by atoms with van der Waals surface area (Å²) in [5.74, 6) is 1.47. The number of aryl methyl sites for hydroxylation is 4. The highest BCUT2D eigenvalue weighted by Crippen LogP contribution is 2.26. The number of aromatic nitrogens is 2. The summed E-state index contributed by atoms with van der Waals surface area (Å²) < 4.78 is 5.08. The van der Waals surface area contributed by atoms with Gasteiger partial charge in [0.1, 0.15) is 5.82 Å². The molecule has 1 saturated heterocycles. The summed E-state index contributed by atoms with van der Waals surface area (Å²) in [4.78, 5) is 25.1. The van der Waals surface area contributed by atoms with Crippen LogP contribution in [-0.4, -0.2) is 53.7 Å². The third kappa shape index (κ3) is 4.52. The van der Waals surface area contributed by atoms with Crippen LogP contribution in [0.1, 0.15) is 29.3 Å². The Morgan fingerprint density at radius 1 is 1.04 bits per heavy atom. The Bertz CT molecular complexity index is 837. The van der Waals surface area contributed by atoms with Gasteiger partial charge in [-0.15, -0.1) is 0 Å². The Morgan fingerprint density at radius 2 is 1.68 bits per heavy atom. The summed E-state index contributed by atoms with van der Waals surface area (Å²) in [6.45, 7) is 13.1. The van der Waals surface area contributed by atoms with Crippen LogP contribution in [0, 0.1) is 27.7 Å². The summed E-state index contributed by atoms with van der Waals surface area (Å²) in [5, 5.41) is 3.47. The Balaban J connectivity index is 1.75. The van der Waals surface area contributed by atoms with Crippen molar-refractivity contribution >= 4 is 23.5 Å².